The zero-order valence-electron chi connectivity index (χ0n) is 17.2. The van der Waals surface area contributed by atoms with Crippen molar-refractivity contribution in [2.24, 2.45) is 0 Å². The van der Waals surface area contributed by atoms with Gasteiger partial charge < -0.3 is 15.4 Å². The predicted molar refractivity (Wildman–Crippen MR) is 122 cm³/mol. The summed E-state index contributed by atoms with van der Waals surface area (Å²) >= 11 is 0. The molecule has 0 aliphatic rings. The van der Waals surface area contributed by atoms with E-state index in [2.05, 4.69) is 10.6 Å². The van der Waals surface area contributed by atoms with Crippen LogP contribution in [0.3, 0.4) is 0 Å². The molecule has 1 heterocycles. The fourth-order valence-electron chi connectivity index (χ4n) is 3.31. The van der Waals surface area contributed by atoms with Crippen molar-refractivity contribution in [2.45, 2.75) is 6.92 Å². The summed E-state index contributed by atoms with van der Waals surface area (Å²) < 4.78 is 5.23. The number of aromatic nitrogens is 1. The minimum atomic E-state index is -0.236. The number of fused-ring (bicyclic) bond motifs is 1. The molecule has 3 aromatic carbocycles. The second-order valence-corrected chi connectivity index (χ2v) is 7.01. The molecule has 0 aliphatic heterocycles. The van der Waals surface area contributed by atoms with Gasteiger partial charge in [-0.1, -0.05) is 18.2 Å². The van der Waals surface area contributed by atoms with Gasteiger partial charge in [0.15, 0.2) is 0 Å². The Morgan fingerprint density at radius 3 is 2.13 bits per heavy atom. The van der Waals surface area contributed by atoms with E-state index in [1.807, 2.05) is 48.5 Å². The number of benzene rings is 3. The third kappa shape index (κ3) is 4.53. The number of para-hydroxylation sites is 1. The van der Waals surface area contributed by atoms with Crippen LogP contribution in [0.4, 0.5) is 11.4 Å². The molecule has 0 radical (unpaired) electrons. The average Bonchev–Trinajstić information content (AvgIpc) is 2.79. The van der Waals surface area contributed by atoms with Crippen molar-refractivity contribution in [1.29, 1.82) is 0 Å². The van der Waals surface area contributed by atoms with Crippen molar-refractivity contribution in [1.82, 2.24) is 4.98 Å². The summed E-state index contributed by atoms with van der Waals surface area (Å²) in [6.07, 6.45) is 0. The van der Waals surface area contributed by atoms with Gasteiger partial charge in [-0.2, -0.15) is 0 Å². The second-order valence-electron chi connectivity index (χ2n) is 7.01. The molecule has 0 saturated heterocycles. The van der Waals surface area contributed by atoms with Crippen molar-refractivity contribution in [3.05, 3.63) is 84.4 Å². The Kier molecular flexibility index (Phi) is 5.62. The molecule has 1 aromatic heterocycles. The van der Waals surface area contributed by atoms with Gasteiger partial charge in [-0.05, 0) is 60.7 Å². The topological polar surface area (TPSA) is 80.3 Å². The number of hydrogen-bond donors (Lipinski definition) is 2. The molecule has 6 heteroatoms. The van der Waals surface area contributed by atoms with Crippen molar-refractivity contribution in [3.63, 3.8) is 0 Å². The van der Waals surface area contributed by atoms with E-state index in [4.69, 9.17) is 9.72 Å². The number of rotatable bonds is 5. The van der Waals surface area contributed by atoms with Crippen LogP contribution in [0.15, 0.2) is 78.9 Å². The molecule has 31 heavy (non-hydrogen) atoms. The molecular formula is C25H21N3O3. The van der Waals surface area contributed by atoms with Gasteiger partial charge >= 0.3 is 0 Å². The monoisotopic (exact) mass is 411 g/mol. The van der Waals surface area contributed by atoms with Crippen molar-refractivity contribution >= 4 is 34.1 Å². The van der Waals surface area contributed by atoms with Crippen LogP contribution in [-0.2, 0) is 4.79 Å². The highest BCUT2D eigenvalue weighted by Crippen LogP contribution is 2.27. The molecule has 0 atom stereocenters. The summed E-state index contributed by atoms with van der Waals surface area (Å²) in [5, 5.41) is 6.41. The van der Waals surface area contributed by atoms with E-state index in [9.17, 15) is 9.59 Å². The van der Waals surface area contributed by atoms with Gasteiger partial charge in [-0.25, -0.2) is 4.98 Å². The highest BCUT2D eigenvalue weighted by atomic mass is 16.5. The number of ether oxygens (including phenoxy) is 1. The Bertz CT molecular complexity index is 1250. The standard InChI is InChI=1S/C25H21N3O3/c1-16(29)26-18-9-11-19(12-10-18)27-25(30)22-15-24(17-7-13-20(31-2)14-8-17)28-23-6-4-3-5-21(22)23/h3-15H,1-2H3,(H,26,29)(H,27,30). The molecule has 4 aromatic rings. The van der Waals surface area contributed by atoms with Crippen LogP contribution >= 0.6 is 0 Å². The summed E-state index contributed by atoms with van der Waals surface area (Å²) in [6.45, 7) is 1.45. The fraction of sp³-hybridized carbons (Fsp3) is 0.0800. The SMILES string of the molecule is COc1ccc(-c2cc(C(=O)Nc3ccc(NC(C)=O)cc3)c3ccccc3n2)cc1. The molecule has 2 N–H and O–H groups in total. The molecule has 0 fully saturated rings. The van der Waals surface area contributed by atoms with Gasteiger partial charge in [0, 0.05) is 29.2 Å². The van der Waals surface area contributed by atoms with Crippen LogP contribution in [0.2, 0.25) is 0 Å². The van der Waals surface area contributed by atoms with Crippen LogP contribution in [0.1, 0.15) is 17.3 Å². The molecule has 2 amide bonds. The second kappa shape index (κ2) is 8.67. The molecular weight excluding hydrogens is 390 g/mol. The van der Waals surface area contributed by atoms with Gasteiger partial charge in [0.2, 0.25) is 5.91 Å². The van der Waals surface area contributed by atoms with E-state index in [0.29, 0.717) is 22.6 Å². The molecule has 0 unspecified atom stereocenters. The number of nitrogens with one attached hydrogen (secondary N) is 2. The summed E-state index contributed by atoms with van der Waals surface area (Å²) in [6, 6.07) is 23.9. The number of carbonyl (C=O) groups is 2. The van der Waals surface area contributed by atoms with Crippen LogP contribution in [0.5, 0.6) is 5.75 Å². The zero-order valence-corrected chi connectivity index (χ0v) is 17.2. The quantitative estimate of drug-likeness (QED) is 0.478. The Morgan fingerprint density at radius 1 is 0.839 bits per heavy atom. The van der Waals surface area contributed by atoms with Crippen LogP contribution in [0, 0.1) is 0 Å². The maximum absolute atomic E-state index is 13.1. The largest absolute Gasteiger partial charge is 0.497 e. The van der Waals surface area contributed by atoms with Crippen molar-refractivity contribution in [2.75, 3.05) is 17.7 Å². The van der Waals surface area contributed by atoms with Gasteiger partial charge in [-0.3, -0.25) is 9.59 Å². The van der Waals surface area contributed by atoms with E-state index in [-0.39, 0.29) is 11.8 Å². The lowest BCUT2D eigenvalue weighted by Gasteiger charge is -2.11. The first-order valence-corrected chi connectivity index (χ1v) is 9.77. The molecule has 6 nitrogen and oxygen atoms in total. The summed E-state index contributed by atoms with van der Waals surface area (Å²) in [5.74, 6) is 0.372. The van der Waals surface area contributed by atoms with Gasteiger partial charge in [-0.15, -0.1) is 0 Å². The minimum Gasteiger partial charge on any atom is -0.497 e. The molecule has 0 aliphatic carbocycles. The van der Waals surface area contributed by atoms with Crippen LogP contribution in [0.25, 0.3) is 22.2 Å². The Hall–Kier alpha value is -4.19. The number of anilines is 2. The van der Waals surface area contributed by atoms with Gasteiger partial charge in [0.1, 0.15) is 5.75 Å². The van der Waals surface area contributed by atoms with Gasteiger partial charge in [0.25, 0.3) is 5.91 Å². The van der Waals surface area contributed by atoms with E-state index in [0.717, 1.165) is 22.2 Å². The van der Waals surface area contributed by atoms with E-state index in [1.54, 1.807) is 37.4 Å². The fourth-order valence-corrected chi connectivity index (χ4v) is 3.31. The van der Waals surface area contributed by atoms with E-state index in [1.165, 1.54) is 6.92 Å². The molecule has 0 saturated carbocycles. The third-order valence-electron chi connectivity index (χ3n) is 4.81. The van der Waals surface area contributed by atoms with Crippen molar-refractivity contribution < 1.29 is 14.3 Å². The number of methoxy groups -OCH3 is 1. The highest BCUT2D eigenvalue weighted by Gasteiger charge is 2.14. The Labute approximate surface area is 179 Å². The van der Waals surface area contributed by atoms with Crippen LogP contribution < -0.4 is 15.4 Å². The van der Waals surface area contributed by atoms with E-state index >= 15 is 0 Å². The number of pyridine rings is 1. The first kappa shape index (κ1) is 20.1. The lowest BCUT2D eigenvalue weighted by molar-refractivity contribution is -0.114. The summed E-state index contributed by atoms with van der Waals surface area (Å²) in [7, 11) is 1.62. The number of carbonyl (C=O) groups excluding carboxylic acids is 2. The Balaban J connectivity index is 1.68. The van der Waals surface area contributed by atoms with Crippen molar-refractivity contribution in [3.8, 4) is 17.0 Å². The first-order valence-electron chi connectivity index (χ1n) is 9.77. The normalized spacial score (nSPS) is 10.5. The minimum absolute atomic E-state index is 0.147. The lowest BCUT2D eigenvalue weighted by atomic mass is 10.0. The third-order valence-corrected chi connectivity index (χ3v) is 4.81. The maximum atomic E-state index is 13.1. The molecule has 154 valence electrons. The summed E-state index contributed by atoms with van der Waals surface area (Å²) in [5.41, 5.74) is 4.16. The lowest BCUT2D eigenvalue weighted by Crippen LogP contribution is -2.13. The average molecular weight is 411 g/mol. The molecule has 4 rings (SSSR count). The smallest absolute Gasteiger partial charge is 0.256 e. The van der Waals surface area contributed by atoms with Gasteiger partial charge in [0.05, 0.1) is 23.9 Å². The predicted octanol–water partition coefficient (Wildman–Crippen LogP) is 5.12. The molecule has 0 spiro atoms. The number of amides is 2. The first-order chi connectivity index (χ1) is 15.0. The Morgan fingerprint density at radius 2 is 1.48 bits per heavy atom. The zero-order chi connectivity index (χ0) is 21.8. The van der Waals surface area contributed by atoms with Crippen LogP contribution in [-0.4, -0.2) is 23.9 Å². The molecule has 0 bridgehead atoms. The summed E-state index contributed by atoms with van der Waals surface area (Å²) in [4.78, 5) is 29.1. The maximum Gasteiger partial charge on any atom is 0.256 e. The van der Waals surface area contributed by atoms with E-state index < -0.39 is 0 Å². The number of nitrogens with zero attached hydrogens (tertiary/aromatic N) is 1. The number of hydrogen-bond acceptors (Lipinski definition) is 4. The highest BCUT2D eigenvalue weighted by molar-refractivity contribution is 6.13.